The van der Waals surface area contributed by atoms with Gasteiger partial charge in [-0.15, -0.1) is 0 Å². The summed E-state index contributed by atoms with van der Waals surface area (Å²) in [6, 6.07) is 0. The monoisotopic (exact) mass is 314 g/mol. The zero-order valence-corrected chi connectivity index (χ0v) is 14.9. The average molecular weight is 315 g/mol. The number of aliphatic hydroxyl groups is 1. The van der Waals surface area contributed by atoms with E-state index in [0.29, 0.717) is 0 Å². The second-order valence-corrected chi connectivity index (χ2v) is 5.41. The molecule has 0 radical (unpaired) electrons. The minimum Gasteiger partial charge on any atom is -0.389 e. The largest absolute Gasteiger partial charge is 0.389 e. The lowest BCUT2D eigenvalue weighted by atomic mass is 10.2. The zero-order chi connectivity index (χ0) is 17.0. The fraction of sp³-hybridized carbons (Fsp3) is 0.455. The van der Waals surface area contributed by atoms with Crippen LogP contribution in [0.4, 0.5) is 0 Å². The third-order valence-corrected chi connectivity index (χ3v) is 3.16. The van der Waals surface area contributed by atoms with Crippen molar-refractivity contribution in [2.45, 2.75) is 64.9 Å². The second-order valence-electron chi connectivity index (χ2n) is 5.41. The summed E-state index contributed by atoms with van der Waals surface area (Å²) in [5, 5.41) is 9.51. The van der Waals surface area contributed by atoms with Gasteiger partial charge in [0.05, 0.1) is 6.10 Å². The fourth-order valence-electron chi connectivity index (χ4n) is 1.90. The lowest BCUT2D eigenvalue weighted by Crippen LogP contribution is -1.99. The van der Waals surface area contributed by atoms with Crippen molar-refractivity contribution in [3.05, 3.63) is 72.9 Å². The maximum atomic E-state index is 9.51. The van der Waals surface area contributed by atoms with Crippen LogP contribution in [0.25, 0.3) is 0 Å². The van der Waals surface area contributed by atoms with Crippen molar-refractivity contribution in [1.82, 2.24) is 0 Å². The summed E-state index contributed by atoms with van der Waals surface area (Å²) in [6.07, 6.45) is 32.1. The zero-order valence-electron chi connectivity index (χ0n) is 14.9. The molecule has 128 valence electrons. The van der Waals surface area contributed by atoms with Crippen LogP contribution in [0, 0.1) is 0 Å². The van der Waals surface area contributed by atoms with Gasteiger partial charge in [0.2, 0.25) is 0 Å². The van der Waals surface area contributed by atoms with Gasteiger partial charge in [-0.2, -0.15) is 0 Å². The standard InChI is InChI=1S/C22H34O/c1-3-5-6-7-8-9-10-11-12-13-14-15-16-17-18-19-21-22(23)20-4-2/h5-6,8-9,11-12,14-15,17-19,21-23H,3-4,7,10,13,16,20H2,1-2H3/b6-5-,9-8-,12-11-,15-14-,18-17-,21-19+. The van der Waals surface area contributed by atoms with E-state index in [1.165, 1.54) is 0 Å². The number of hydrogen-bond donors (Lipinski definition) is 1. The first-order valence-corrected chi connectivity index (χ1v) is 8.92. The van der Waals surface area contributed by atoms with Crippen molar-refractivity contribution in [3.8, 4) is 0 Å². The first kappa shape index (κ1) is 21.4. The van der Waals surface area contributed by atoms with E-state index < -0.39 is 0 Å². The first-order valence-electron chi connectivity index (χ1n) is 8.92. The van der Waals surface area contributed by atoms with E-state index in [2.05, 4.69) is 68.5 Å². The lowest BCUT2D eigenvalue weighted by Gasteiger charge is -1.99. The summed E-state index contributed by atoms with van der Waals surface area (Å²) in [5.41, 5.74) is 0. The van der Waals surface area contributed by atoms with Gasteiger partial charge in [0.25, 0.3) is 0 Å². The molecule has 1 unspecified atom stereocenters. The number of aliphatic hydroxyl groups excluding tert-OH is 1. The van der Waals surface area contributed by atoms with Crippen molar-refractivity contribution < 1.29 is 5.11 Å². The van der Waals surface area contributed by atoms with Gasteiger partial charge in [0, 0.05) is 0 Å². The third-order valence-electron chi connectivity index (χ3n) is 3.16. The quantitative estimate of drug-likeness (QED) is 0.306. The first-order chi connectivity index (χ1) is 11.3. The normalized spacial score (nSPS) is 14.7. The Bertz CT molecular complexity index is 408. The van der Waals surface area contributed by atoms with Crippen molar-refractivity contribution >= 4 is 0 Å². The van der Waals surface area contributed by atoms with Crippen LogP contribution in [-0.4, -0.2) is 11.2 Å². The smallest absolute Gasteiger partial charge is 0.0723 e. The molecular formula is C22H34O. The van der Waals surface area contributed by atoms with E-state index in [4.69, 9.17) is 0 Å². The molecule has 0 aromatic heterocycles. The predicted octanol–water partition coefficient (Wildman–Crippen LogP) is 6.46. The molecule has 0 amide bonds. The molecule has 0 rings (SSSR count). The Morgan fingerprint density at radius 2 is 1.13 bits per heavy atom. The number of rotatable bonds is 13. The van der Waals surface area contributed by atoms with Crippen molar-refractivity contribution in [2.75, 3.05) is 0 Å². The molecule has 0 fully saturated rings. The van der Waals surface area contributed by atoms with E-state index in [-0.39, 0.29) is 6.10 Å². The van der Waals surface area contributed by atoms with Crippen LogP contribution in [0.15, 0.2) is 72.9 Å². The van der Waals surface area contributed by atoms with Crippen molar-refractivity contribution in [2.24, 2.45) is 0 Å². The van der Waals surface area contributed by atoms with E-state index in [1.54, 1.807) is 0 Å². The van der Waals surface area contributed by atoms with Crippen molar-refractivity contribution in [3.63, 3.8) is 0 Å². The summed E-state index contributed by atoms with van der Waals surface area (Å²) in [6.45, 7) is 4.23. The lowest BCUT2D eigenvalue weighted by molar-refractivity contribution is 0.211. The van der Waals surface area contributed by atoms with E-state index in [0.717, 1.165) is 44.9 Å². The van der Waals surface area contributed by atoms with Gasteiger partial charge in [0.15, 0.2) is 0 Å². The molecule has 0 saturated carbocycles. The molecule has 0 aliphatic heterocycles. The molecule has 0 aliphatic rings. The molecule has 0 heterocycles. The highest BCUT2D eigenvalue weighted by molar-refractivity contribution is 5.07. The SMILES string of the molecule is CC/C=C\C/C=C\C/C=C\C/C=C\C/C=C\C=C\C(O)CCC. The van der Waals surface area contributed by atoms with Crippen molar-refractivity contribution in [1.29, 1.82) is 0 Å². The van der Waals surface area contributed by atoms with E-state index in [1.807, 2.05) is 18.2 Å². The molecule has 0 spiro atoms. The fourth-order valence-corrected chi connectivity index (χ4v) is 1.90. The van der Waals surface area contributed by atoms with Gasteiger partial charge < -0.3 is 5.11 Å². The summed E-state index contributed by atoms with van der Waals surface area (Å²) in [5.74, 6) is 0. The Morgan fingerprint density at radius 3 is 1.61 bits per heavy atom. The molecule has 0 saturated heterocycles. The maximum Gasteiger partial charge on any atom is 0.0723 e. The summed E-state index contributed by atoms with van der Waals surface area (Å²) < 4.78 is 0. The van der Waals surface area contributed by atoms with Gasteiger partial charge >= 0.3 is 0 Å². The van der Waals surface area contributed by atoms with Crippen LogP contribution in [-0.2, 0) is 0 Å². The number of hydrogen-bond acceptors (Lipinski definition) is 1. The van der Waals surface area contributed by atoms with Crippen LogP contribution >= 0.6 is 0 Å². The van der Waals surface area contributed by atoms with Gasteiger partial charge in [-0.3, -0.25) is 0 Å². The molecule has 0 bridgehead atoms. The van der Waals surface area contributed by atoms with Gasteiger partial charge in [-0.25, -0.2) is 0 Å². The molecular weight excluding hydrogens is 280 g/mol. The highest BCUT2D eigenvalue weighted by Crippen LogP contribution is 1.98. The number of allylic oxidation sites excluding steroid dienone is 11. The molecule has 1 nitrogen and oxygen atoms in total. The van der Waals surface area contributed by atoms with Crippen LogP contribution in [0.5, 0.6) is 0 Å². The summed E-state index contributed by atoms with van der Waals surface area (Å²) >= 11 is 0. The molecule has 0 aromatic carbocycles. The van der Waals surface area contributed by atoms with Crippen LogP contribution in [0.3, 0.4) is 0 Å². The highest BCUT2D eigenvalue weighted by atomic mass is 16.3. The van der Waals surface area contributed by atoms with Crippen LogP contribution in [0.1, 0.15) is 58.8 Å². The molecule has 0 aromatic rings. The third kappa shape index (κ3) is 18.4. The van der Waals surface area contributed by atoms with Crippen LogP contribution < -0.4 is 0 Å². The topological polar surface area (TPSA) is 20.2 Å². The molecule has 1 atom stereocenters. The van der Waals surface area contributed by atoms with E-state index >= 15 is 0 Å². The minimum absolute atomic E-state index is 0.304. The van der Waals surface area contributed by atoms with Crippen LogP contribution in [0.2, 0.25) is 0 Å². The molecule has 23 heavy (non-hydrogen) atoms. The minimum atomic E-state index is -0.304. The van der Waals surface area contributed by atoms with Gasteiger partial charge in [0.1, 0.15) is 0 Å². The Morgan fingerprint density at radius 1 is 0.652 bits per heavy atom. The Balaban J connectivity index is 3.60. The Labute approximate surface area is 143 Å². The summed E-state index contributed by atoms with van der Waals surface area (Å²) in [4.78, 5) is 0. The maximum absolute atomic E-state index is 9.51. The van der Waals surface area contributed by atoms with Gasteiger partial charge in [-0.1, -0.05) is 93.2 Å². The predicted molar refractivity (Wildman–Crippen MR) is 105 cm³/mol. The average Bonchev–Trinajstić information content (AvgIpc) is 2.54. The Kier molecular flexibility index (Phi) is 17.2. The molecule has 1 N–H and O–H groups in total. The van der Waals surface area contributed by atoms with E-state index in [9.17, 15) is 5.11 Å². The highest BCUT2D eigenvalue weighted by Gasteiger charge is 1.92. The molecule has 0 aliphatic carbocycles. The Hall–Kier alpha value is -1.60. The summed E-state index contributed by atoms with van der Waals surface area (Å²) in [7, 11) is 0. The van der Waals surface area contributed by atoms with Gasteiger partial charge in [-0.05, 0) is 38.5 Å². The molecule has 1 heteroatoms. The second kappa shape index (κ2) is 18.4.